The highest BCUT2D eigenvalue weighted by atomic mass is 32.2. The van der Waals surface area contributed by atoms with Crippen molar-refractivity contribution in [3.63, 3.8) is 0 Å². The summed E-state index contributed by atoms with van der Waals surface area (Å²) in [5.74, 6) is 0. The minimum Gasteiger partial charge on any atom is -0.315 e. The number of fused-ring (bicyclic) bond motifs is 1. The average Bonchev–Trinajstić information content (AvgIpc) is 3.05. The van der Waals surface area contributed by atoms with Gasteiger partial charge in [0.1, 0.15) is 0 Å². The average molecular weight is 329 g/mol. The van der Waals surface area contributed by atoms with E-state index in [4.69, 9.17) is 0 Å². The summed E-state index contributed by atoms with van der Waals surface area (Å²) in [6, 6.07) is 2.23. The predicted octanol–water partition coefficient (Wildman–Crippen LogP) is 1.33. The van der Waals surface area contributed by atoms with Crippen LogP contribution in [0, 0.1) is 0 Å². The molecule has 2 aliphatic heterocycles. The number of nitrogens with one attached hydrogen (secondary N) is 1. The molecule has 3 heterocycles. The summed E-state index contributed by atoms with van der Waals surface area (Å²) >= 11 is 1.51. The van der Waals surface area contributed by atoms with Gasteiger partial charge in [-0.05, 0) is 45.5 Å². The molecule has 7 heteroatoms. The Bertz CT molecular complexity index is 585. The van der Waals surface area contributed by atoms with Gasteiger partial charge >= 0.3 is 0 Å². The van der Waals surface area contributed by atoms with E-state index in [0.717, 1.165) is 37.4 Å². The number of hydrogen-bond acceptors (Lipinski definition) is 5. The number of sulfonamides is 1. The lowest BCUT2D eigenvalue weighted by Crippen LogP contribution is -2.39. The van der Waals surface area contributed by atoms with Crippen molar-refractivity contribution in [3.8, 4) is 0 Å². The van der Waals surface area contributed by atoms with E-state index in [0.29, 0.717) is 24.0 Å². The highest BCUT2D eigenvalue weighted by molar-refractivity contribution is 7.89. The molecule has 2 fully saturated rings. The molecule has 118 valence electrons. The van der Waals surface area contributed by atoms with Gasteiger partial charge in [-0.3, -0.25) is 4.90 Å². The van der Waals surface area contributed by atoms with Crippen molar-refractivity contribution in [3.05, 3.63) is 16.3 Å². The van der Waals surface area contributed by atoms with E-state index in [9.17, 15) is 8.42 Å². The lowest BCUT2D eigenvalue weighted by Gasteiger charge is -2.24. The number of nitrogens with zero attached hydrogens (tertiary/aromatic N) is 2. The normalized spacial score (nSPS) is 24.9. The van der Waals surface area contributed by atoms with Gasteiger partial charge in [-0.1, -0.05) is 0 Å². The molecule has 1 aromatic rings. The van der Waals surface area contributed by atoms with Gasteiger partial charge in [0.05, 0.1) is 4.90 Å². The quantitative estimate of drug-likeness (QED) is 0.905. The number of thiophene rings is 1. The zero-order valence-corrected chi connectivity index (χ0v) is 14.0. The summed E-state index contributed by atoms with van der Waals surface area (Å²) in [5.41, 5.74) is 0. The summed E-state index contributed by atoms with van der Waals surface area (Å²) in [5, 5.41) is 4.84. The first-order valence-electron chi connectivity index (χ1n) is 7.57. The third-order valence-electron chi connectivity index (χ3n) is 4.38. The first kappa shape index (κ1) is 15.4. The monoisotopic (exact) mass is 329 g/mol. The van der Waals surface area contributed by atoms with Crippen LogP contribution in [0.5, 0.6) is 0 Å². The van der Waals surface area contributed by atoms with Gasteiger partial charge in [-0.15, -0.1) is 11.3 Å². The second-order valence-corrected chi connectivity index (χ2v) is 8.76. The van der Waals surface area contributed by atoms with Gasteiger partial charge < -0.3 is 5.32 Å². The second kappa shape index (κ2) is 6.34. The highest BCUT2D eigenvalue weighted by Gasteiger charge is 2.34. The Labute approximate surface area is 131 Å². The largest absolute Gasteiger partial charge is 0.315 e. The van der Waals surface area contributed by atoms with Crippen LogP contribution < -0.4 is 5.32 Å². The van der Waals surface area contributed by atoms with Gasteiger partial charge in [-0.2, -0.15) is 4.31 Å². The van der Waals surface area contributed by atoms with E-state index < -0.39 is 10.0 Å². The predicted molar refractivity (Wildman–Crippen MR) is 85.1 cm³/mol. The first-order valence-corrected chi connectivity index (χ1v) is 9.89. The van der Waals surface area contributed by atoms with E-state index in [1.54, 1.807) is 9.69 Å². The first-order chi connectivity index (χ1) is 10.1. The van der Waals surface area contributed by atoms with Gasteiger partial charge in [0.15, 0.2) is 0 Å². The molecule has 21 heavy (non-hydrogen) atoms. The second-order valence-electron chi connectivity index (χ2n) is 5.83. The molecule has 0 amide bonds. The molecule has 2 aliphatic rings. The lowest BCUT2D eigenvalue weighted by atomic mass is 10.2. The Hall–Kier alpha value is -0.470. The molecule has 3 rings (SSSR count). The fourth-order valence-corrected chi connectivity index (χ4v) is 6.09. The molecule has 0 aliphatic carbocycles. The Morgan fingerprint density at radius 2 is 2.14 bits per heavy atom. The van der Waals surface area contributed by atoms with E-state index >= 15 is 0 Å². The van der Waals surface area contributed by atoms with E-state index in [2.05, 4.69) is 10.2 Å². The molecule has 0 bridgehead atoms. The lowest BCUT2D eigenvalue weighted by molar-refractivity contribution is 0.257. The van der Waals surface area contributed by atoms with Crippen LogP contribution in [0.15, 0.2) is 16.3 Å². The van der Waals surface area contributed by atoms with Crippen molar-refractivity contribution >= 4 is 21.4 Å². The number of hydrogen-bond donors (Lipinski definition) is 1. The van der Waals surface area contributed by atoms with Crippen molar-refractivity contribution < 1.29 is 8.42 Å². The molecule has 1 N–H and O–H groups in total. The maximum absolute atomic E-state index is 12.8. The van der Waals surface area contributed by atoms with Gasteiger partial charge in [0.2, 0.25) is 10.0 Å². The summed E-state index contributed by atoms with van der Waals surface area (Å²) in [4.78, 5) is 3.98. The minimum absolute atomic E-state index is 0.415. The van der Waals surface area contributed by atoms with Crippen molar-refractivity contribution in [2.45, 2.75) is 36.7 Å². The van der Waals surface area contributed by atoms with Crippen molar-refractivity contribution in [1.29, 1.82) is 0 Å². The van der Waals surface area contributed by atoms with Crippen LogP contribution in [0.25, 0.3) is 0 Å². The van der Waals surface area contributed by atoms with E-state index in [1.165, 1.54) is 17.8 Å². The molecule has 2 saturated heterocycles. The van der Waals surface area contributed by atoms with Crippen molar-refractivity contribution in [2.75, 3.05) is 33.2 Å². The molecule has 1 unspecified atom stereocenters. The van der Waals surface area contributed by atoms with Crippen LogP contribution >= 0.6 is 11.3 Å². The van der Waals surface area contributed by atoms with E-state index in [1.807, 2.05) is 13.1 Å². The fourth-order valence-electron chi connectivity index (χ4n) is 3.30. The Morgan fingerprint density at radius 1 is 1.33 bits per heavy atom. The van der Waals surface area contributed by atoms with Crippen LogP contribution in [0.3, 0.4) is 0 Å². The third kappa shape index (κ3) is 3.17. The molecule has 0 saturated carbocycles. The van der Waals surface area contributed by atoms with Gasteiger partial charge in [0, 0.05) is 35.9 Å². The van der Waals surface area contributed by atoms with Gasteiger partial charge in [-0.25, -0.2) is 8.42 Å². The molecule has 0 aromatic carbocycles. The maximum atomic E-state index is 12.8. The maximum Gasteiger partial charge on any atom is 0.243 e. The summed E-state index contributed by atoms with van der Waals surface area (Å²) < 4.78 is 27.4. The molecule has 0 spiro atoms. The van der Waals surface area contributed by atoms with Crippen LogP contribution in [-0.4, -0.2) is 56.9 Å². The van der Waals surface area contributed by atoms with Crippen LogP contribution in [0.4, 0.5) is 0 Å². The van der Waals surface area contributed by atoms with Crippen LogP contribution in [-0.2, 0) is 16.6 Å². The smallest absolute Gasteiger partial charge is 0.243 e. The Kier molecular flexibility index (Phi) is 4.66. The molecule has 0 radical (unpaired) electrons. The summed E-state index contributed by atoms with van der Waals surface area (Å²) in [6.45, 7) is 4.18. The summed E-state index contributed by atoms with van der Waals surface area (Å²) in [7, 11) is -1.46. The molecule has 1 aromatic heterocycles. The van der Waals surface area contributed by atoms with Crippen molar-refractivity contribution in [1.82, 2.24) is 14.5 Å². The minimum atomic E-state index is -3.33. The fraction of sp³-hybridized carbons (Fsp3) is 0.714. The SMILES string of the molecule is CNCc1cc(S(=O)(=O)N2CCCN3CCCC3C2)cs1. The zero-order chi connectivity index (χ0) is 14.9. The zero-order valence-electron chi connectivity index (χ0n) is 12.4. The van der Waals surface area contributed by atoms with Crippen LogP contribution in [0.1, 0.15) is 24.1 Å². The topological polar surface area (TPSA) is 52.7 Å². The molecular weight excluding hydrogens is 306 g/mol. The highest BCUT2D eigenvalue weighted by Crippen LogP contribution is 2.27. The Balaban J connectivity index is 1.79. The molecule has 5 nitrogen and oxygen atoms in total. The molecular formula is C14H23N3O2S2. The van der Waals surface area contributed by atoms with Crippen LogP contribution in [0.2, 0.25) is 0 Å². The Morgan fingerprint density at radius 3 is 2.95 bits per heavy atom. The summed E-state index contributed by atoms with van der Waals surface area (Å²) in [6.07, 6.45) is 3.26. The van der Waals surface area contributed by atoms with Crippen molar-refractivity contribution in [2.24, 2.45) is 0 Å². The molecule has 1 atom stereocenters. The third-order valence-corrected chi connectivity index (χ3v) is 7.31. The number of rotatable bonds is 4. The standard InChI is InChI=1S/C14H23N3O2S2/c1-15-9-13-8-14(11-20-13)21(18,19)17-7-3-6-16-5-2-4-12(16)10-17/h8,11-12,15H,2-7,9-10H2,1H3. The van der Waals surface area contributed by atoms with Gasteiger partial charge in [0.25, 0.3) is 0 Å². The van der Waals surface area contributed by atoms with E-state index in [-0.39, 0.29) is 0 Å².